The second kappa shape index (κ2) is 12.5. The largest absolute Gasteiger partial charge is 0.379 e. The molecule has 0 aliphatic rings. The first kappa shape index (κ1) is 18.5. The van der Waals surface area contributed by atoms with Crippen molar-refractivity contribution >= 4 is 5.78 Å². The van der Waals surface area contributed by atoms with Gasteiger partial charge in [-0.2, -0.15) is 0 Å². The second-order valence-electron chi connectivity index (χ2n) is 4.86. The van der Waals surface area contributed by atoms with E-state index < -0.39 is 0 Å². The number of ether oxygens (including phenoxy) is 3. The zero-order chi connectivity index (χ0) is 14.5. The van der Waals surface area contributed by atoms with E-state index in [2.05, 4.69) is 25.8 Å². The monoisotopic (exact) mass is 275 g/mol. The number of Topliss-reactive ketones (excluding diaryl/α,β-unsaturated/α-hetero) is 1. The fraction of sp³-hybridized carbons (Fsp3) is 0.929. The molecule has 0 atom stereocenters. The van der Waals surface area contributed by atoms with Crippen LogP contribution >= 0.6 is 0 Å². The summed E-state index contributed by atoms with van der Waals surface area (Å²) in [6.07, 6.45) is 0.479. The Bertz CT molecular complexity index is 221. The molecule has 0 N–H and O–H groups in total. The molecule has 5 heteroatoms. The summed E-state index contributed by atoms with van der Waals surface area (Å²) in [5.41, 5.74) is 0. The van der Waals surface area contributed by atoms with Gasteiger partial charge < -0.3 is 19.1 Å². The third-order valence-electron chi connectivity index (χ3n) is 2.81. The van der Waals surface area contributed by atoms with E-state index in [0.29, 0.717) is 45.5 Å². The minimum Gasteiger partial charge on any atom is -0.379 e. The zero-order valence-electron chi connectivity index (χ0n) is 12.8. The minimum absolute atomic E-state index is 0.153. The summed E-state index contributed by atoms with van der Waals surface area (Å²) in [5, 5.41) is 0. The molecule has 0 aromatic heterocycles. The highest BCUT2D eigenvalue weighted by molar-refractivity contribution is 5.75. The van der Waals surface area contributed by atoms with Gasteiger partial charge in [-0.15, -0.1) is 0 Å². The standard InChI is InChI=1S/C14H29NO4/c1-13(2)15(4)6-8-18-10-12-19-11-9-17-7-5-14(3)16/h13H,5-12H2,1-4H3. The summed E-state index contributed by atoms with van der Waals surface area (Å²) >= 11 is 0. The van der Waals surface area contributed by atoms with Crippen LogP contribution in [0.3, 0.4) is 0 Å². The van der Waals surface area contributed by atoms with E-state index >= 15 is 0 Å². The molecule has 0 aromatic carbocycles. The number of rotatable bonds is 13. The number of likely N-dealkylation sites (N-methyl/N-ethyl adjacent to an activating group) is 1. The maximum atomic E-state index is 10.6. The van der Waals surface area contributed by atoms with Crippen molar-refractivity contribution in [3.63, 3.8) is 0 Å². The Morgan fingerprint density at radius 2 is 1.42 bits per heavy atom. The van der Waals surface area contributed by atoms with Crippen molar-refractivity contribution in [3.8, 4) is 0 Å². The molecule has 0 aromatic rings. The summed E-state index contributed by atoms with van der Waals surface area (Å²) < 4.78 is 16.0. The highest BCUT2D eigenvalue weighted by atomic mass is 16.5. The second-order valence-corrected chi connectivity index (χ2v) is 4.86. The molecular formula is C14H29NO4. The normalized spacial score (nSPS) is 11.5. The highest BCUT2D eigenvalue weighted by Gasteiger charge is 2.01. The summed E-state index contributed by atoms with van der Waals surface area (Å²) in [4.78, 5) is 12.9. The fourth-order valence-electron chi connectivity index (χ4n) is 1.22. The smallest absolute Gasteiger partial charge is 0.132 e. The predicted octanol–water partition coefficient (Wildman–Crippen LogP) is 1.36. The van der Waals surface area contributed by atoms with Gasteiger partial charge in [0, 0.05) is 19.0 Å². The Labute approximate surface area is 117 Å². The maximum absolute atomic E-state index is 10.6. The lowest BCUT2D eigenvalue weighted by molar-refractivity contribution is -0.118. The topological polar surface area (TPSA) is 48.0 Å². The number of hydrogen-bond donors (Lipinski definition) is 0. The van der Waals surface area contributed by atoms with E-state index in [4.69, 9.17) is 14.2 Å². The number of nitrogens with zero attached hydrogens (tertiary/aromatic N) is 1. The number of carbonyl (C=O) groups excluding carboxylic acids is 1. The molecule has 19 heavy (non-hydrogen) atoms. The Balaban J connectivity index is 3.09. The summed E-state index contributed by atoms with van der Waals surface area (Å²) in [6.45, 7) is 10.3. The van der Waals surface area contributed by atoms with E-state index in [1.54, 1.807) is 6.92 Å². The van der Waals surface area contributed by atoms with Crippen molar-refractivity contribution in [2.45, 2.75) is 33.2 Å². The lowest BCUT2D eigenvalue weighted by atomic mass is 10.3. The van der Waals surface area contributed by atoms with Gasteiger partial charge in [-0.3, -0.25) is 4.79 Å². The van der Waals surface area contributed by atoms with Crippen LogP contribution in [-0.2, 0) is 19.0 Å². The lowest BCUT2D eigenvalue weighted by Gasteiger charge is -2.20. The van der Waals surface area contributed by atoms with Gasteiger partial charge in [0.1, 0.15) is 5.78 Å². The van der Waals surface area contributed by atoms with E-state index in [0.717, 1.165) is 13.2 Å². The number of carbonyl (C=O) groups is 1. The fourth-order valence-corrected chi connectivity index (χ4v) is 1.22. The number of hydrogen-bond acceptors (Lipinski definition) is 5. The molecule has 0 radical (unpaired) electrons. The molecule has 0 amide bonds. The average Bonchev–Trinajstić information content (AvgIpc) is 2.35. The van der Waals surface area contributed by atoms with Crippen LogP contribution in [0.5, 0.6) is 0 Å². The molecule has 0 saturated carbocycles. The molecule has 0 fully saturated rings. The third kappa shape index (κ3) is 13.7. The van der Waals surface area contributed by atoms with Crippen LogP contribution in [0, 0.1) is 0 Å². The molecule has 0 unspecified atom stereocenters. The summed E-state index contributed by atoms with van der Waals surface area (Å²) in [5.74, 6) is 0.153. The molecule has 0 heterocycles. The predicted molar refractivity (Wildman–Crippen MR) is 75.5 cm³/mol. The van der Waals surface area contributed by atoms with E-state index in [1.807, 2.05) is 0 Å². The van der Waals surface area contributed by atoms with Crippen LogP contribution in [0.1, 0.15) is 27.2 Å². The molecule has 0 aliphatic carbocycles. The van der Waals surface area contributed by atoms with Crippen molar-refractivity contribution in [1.82, 2.24) is 4.90 Å². The van der Waals surface area contributed by atoms with Crippen LogP contribution in [0.25, 0.3) is 0 Å². The van der Waals surface area contributed by atoms with Gasteiger partial charge in [0.25, 0.3) is 0 Å². The molecule has 5 nitrogen and oxygen atoms in total. The van der Waals surface area contributed by atoms with Crippen LogP contribution in [0.15, 0.2) is 0 Å². The van der Waals surface area contributed by atoms with Gasteiger partial charge in [-0.1, -0.05) is 0 Å². The van der Waals surface area contributed by atoms with Gasteiger partial charge in [0.2, 0.25) is 0 Å². The quantitative estimate of drug-likeness (QED) is 0.475. The first-order valence-electron chi connectivity index (χ1n) is 6.97. The zero-order valence-corrected chi connectivity index (χ0v) is 12.8. The van der Waals surface area contributed by atoms with Crippen molar-refractivity contribution < 1.29 is 19.0 Å². The van der Waals surface area contributed by atoms with Crippen LogP contribution in [-0.4, -0.2) is 70.0 Å². The maximum Gasteiger partial charge on any atom is 0.132 e. The average molecular weight is 275 g/mol. The van der Waals surface area contributed by atoms with Gasteiger partial charge in [0.05, 0.1) is 39.6 Å². The molecule has 0 bridgehead atoms. The van der Waals surface area contributed by atoms with Crippen molar-refractivity contribution in [1.29, 1.82) is 0 Å². The first-order valence-corrected chi connectivity index (χ1v) is 6.97. The molecule has 114 valence electrons. The molecule has 0 rings (SSSR count). The van der Waals surface area contributed by atoms with Crippen molar-refractivity contribution in [2.24, 2.45) is 0 Å². The Morgan fingerprint density at radius 3 is 1.89 bits per heavy atom. The molecule has 0 spiro atoms. The summed E-state index contributed by atoms with van der Waals surface area (Å²) in [7, 11) is 2.09. The van der Waals surface area contributed by atoms with E-state index in [9.17, 15) is 4.79 Å². The van der Waals surface area contributed by atoms with Gasteiger partial charge in [-0.25, -0.2) is 0 Å². The van der Waals surface area contributed by atoms with Crippen molar-refractivity contribution in [3.05, 3.63) is 0 Å². The summed E-state index contributed by atoms with van der Waals surface area (Å²) in [6, 6.07) is 0.548. The number of ketones is 1. The van der Waals surface area contributed by atoms with Crippen LogP contribution in [0.2, 0.25) is 0 Å². The molecule has 0 saturated heterocycles. The van der Waals surface area contributed by atoms with E-state index in [1.165, 1.54) is 0 Å². The first-order chi connectivity index (χ1) is 9.04. The van der Waals surface area contributed by atoms with Crippen LogP contribution < -0.4 is 0 Å². The van der Waals surface area contributed by atoms with Gasteiger partial charge in [0.15, 0.2) is 0 Å². The lowest BCUT2D eigenvalue weighted by Crippen LogP contribution is -2.30. The van der Waals surface area contributed by atoms with E-state index in [-0.39, 0.29) is 5.78 Å². The van der Waals surface area contributed by atoms with Crippen LogP contribution in [0.4, 0.5) is 0 Å². The Hall–Kier alpha value is -0.490. The molecular weight excluding hydrogens is 246 g/mol. The highest BCUT2D eigenvalue weighted by Crippen LogP contribution is 1.92. The Kier molecular flexibility index (Phi) is 12.2. The Morgan fingerprint density at radius 1 is 0.947 bits per heavy atom. The van der Waals surface area contributed by atoms with Crippen molar-refractivity contribution in [2.75, 3.05) is 53.2 Å². The minimum atomic E-state index is 0.153. The van der Waals surface area contributed by atoms with Gasteiger partial charge >= 0.3 is 0 Å². The molecule has 0 aliphatic heterocycles. The SMILES string of the molecule is CC(=O)CCOCCOCCOCCN(C)C(C)C. The third-order valence-corrected chi connectivity index (χ3v) is 2.81. The van der Waals surface area contributed by atoms with Gasteiger partial charge in [-0.05, 0) is 27.8 Å².